The summed E-state index contributed by atoms with van der Waals surface area (Å²) in [5, 5.41) is 6.75. The van der Waals surface area contributed by atoms with Crippen LogP contribution in [0.15, 0.2) is 60.9 Å². The molecule has 34 heavy (non-hydrogen) atoms. The SMILES string of the molecule is NC1CCCC1NC(=O)c1sc2nccc3c2c1NC(=O)N3c1ccnc(-c2ccccc2)c1. The lowest BCUT2D eigenvalue weighted by atomic mass is 10.1. The van der Waals surface area contributed by atoms with E-state index in [-0.39, 0.29) is 24.0 Å². The van der Waals surface area contributed by atoms with Gasteiger partial charge >= 0.3 is 6.03 Å². The maximum atomic E-state index is 13.3. The Bertz CT molecular complexity index is 1420. The van der Waals surface area contributed by atoms with Crippen molar-refractivity contribution in [3.63, 3.8) is 0 Å². The molecular weight excluding hydrogens is 448 g/mol. The van der Waals surface area contributed by atoms with Gasteiger partial charge in [0.05, 0.1) is 28.1 Å². The predicted octanol–water partition coefficient (Wildman–Crippen LogP) is 4.65. The maximum Gasteiger partial charge on any atom is 0.331 e. The summed E-state index contributed by atoms with van der Waals surface area (Å²) < 4.78 is 0. The van der Waals surface area contributed by atoms with Gasteiger partial charge in [0.15, 0.2) is 0 Å². The minimum absolute atomic E-state index is 0.0426. The molecule has 0 saturated heterocycles. The molecule has 0 spiro atoms. The lowest BCUT2D eigenvalue weighted by Crippen LogP contribution is -2.44. The number of nitrogens with zero attached hydrogens (tertiary/aromatic N) is 3. The molecule has 2 unspecified atom stereocenters. The molecule has 0 radical (unpaired) electrons. The Hall–Kier alpha value is -3.82. The first-order chi connectivity index (χ1) is 16.6. The van der Waals surface area contributed by atoms with Crippen LogP contribution in [0.2, 0.25) is 0 Å². The normalized spacial score (nSPS) is 19.3. The number of thiophene rings is 1. The Morgan fingerprint density at radius 1 is 1.12 bits per heavy atom. The van der Waals surface area contributed by atoms with Crippen LogP contribution in [0, 0.1) is 0 Å². The first-order valence-electron chi connectivity index (χ1n) is 11.2. The molecule has 0 bridgehead atoms. The summed E-state index contributed by atoms with van der Waals surface area (Å²) in [5.41, 5.74) is 9.73. The Balaban J connectivity index is 1.41. The molecule has 2 aliphatic rings. The highest BCUT2D eigenvalue weighted by molar-refractivity contribution is 7.21. The number of anilines is 3. The number of carbonyl (C=O) groups excluding carboxylic acids is 2. The minimum atomic E-state index is -0.338. The number of nitrogens with one attached hydrogen (secondary N) is 2. The molecule has 1 fully saturated rings. The molecule has 4 heterocycles. The van der Waals surface area contributed by atoms with Crippen LogP contribution in [0.1, 0.15) is 28.9 Å². The van der Waals surface area contributed by atoms with Gasteiger partial charge in [-0.05, 0) is 37.5 Å². The average Bonchev–Trinajstić information content (AvgIpc) is 3.44. The summed E-state index contributed by atoms with van der Waals surface area (Å²) >= 11 is 1.28. The minimum Gasteiger partial charge on any atom is -0.347 e. The average molecular weight is 471 g/mol. The van der Waals surface area contributed by atoms with E-state index in [1.807, 2.05) is 36.4 Å². The first-order valence-corrected chi connectivity index (χ1v) is 12.0. The Morgan fingerprint density at radius 2 is 1.94 bits per heavy atom. The number of benzene rings is 1. The zero-order valence-corrected chi connectivity index (χ0v) is 19.0. The van der Waals surface area contributed by atoms with Crippen molar-refractivity contribution in [1.82, 2.24) is 15.3 Å². The molecule has 8 nitrogen and oxygen atoms in total. The van der Waals surface area contributed by atoms with E-state index in [0.717, 1.165) is 35.9 Å². The molecule has 9 heteroatoms. The number of urea groups is 1. The van der Waals surface area contributed by atoms with E-state index in [1.54, 1.807) is 29.4 Å². The van der Waals surface area contributed by atoms with E-state index < -0.39 is 0 Å². The van der Waals surface area contributed by atoms with Crippen LogP contribution in [0.5, 0.6) is 0 Å². The lowest BCUT2D eigenvalue weighted by Gasteiger charge is -2.28. The van der Waals surface area contributed by atoms with Crippen molar-refractivity contribution < 1.29 is 9.59 Å². The van der Waals surface area contributed by atoms with Crippen LogP contribution in [0.4, 0.5) is 21.9 Å². The number of aromatic nitrogens is 2. The van der Waals surface area contributed by atoms with Gasteiger partial charge in [-0.15, -0.1) is 11.3 Å². The van der Waals surface area contributed by atoms with Crippen molar-refractivity contribution >= 4 is 50.6 Å². The second-order valence-electron chi connectivity index (χ2n) is 8.52. The Kier molecular flexibility index (Phi) is 5.00. The summed E-state index contributed by atoms with van der Waals surface area (Å²) in [4.78, 5) is 38.2. The van der Waals surface area contributed by atoms with Gasteiger partial charge in [-0.3, -0.25) is 14.7 Å². The molecule has 1 aromatic carbocycles. The summed E-state index contributed by atoms with van der Waals surface area (Å²) in [6.07, 6.45) is 6.12. The summed E-state index contributed by atoms with van der Waals surface area (Å²) in [6, 6.07) is 14.9. The van der Waals surface area contributed by atoms with E-state index in [2.05, 4.69) is 20.6 Å². The van der Waals surface area contributed by atoms with Crippen LogP contribution in [0.3, 0.4) is 0 Å². The molecule has 3 amide bonds. The summed E-state index contributed by atoms with van der Waals surface area (Å²) in [7, 11) is 0. The third-order valence-corrected chi connectivity index (χ3v) is 7.51. The summed E-state index contributed by atoms with van der Waals surface area (Å²) in [5.74, 6) is -0.227. The first kappa shape index (κ1) is 20.8. The van der Waals surface area contributed by atoms with E-state index in [9.17, 15) is 9.59 Å². The standard InChI is InChI=1S/C25H22N6O2S/c26-16-7-4-8-17(16)29-23(32)22-21-20-19(10-12-28-24(20)34-22)31(25(33)30-21)15-9-11-27-18(13-15)14-5-2-1-3-6-14/h1-3,5-6,9-13,16-17H,4,7-8,26H2,(H,29,32)(H,30,33). The second-order valence-corrected chi connectivity index (χ2v) is 9.52. The fourth-order valence-corrected chi connectivity index (χ4v) is 5.75. The van der Waals surface area contributed by atoms with E-state index in [4.69, 9.17) is 5.73 Å². The van der Waals surface area contributed by atoms with E-state index in [1.165, 1.54) is 11.3 Å². The van der Waals surface area contributed by atoms with Crippen molar-refractivity contribution in [3.05, 3.63) is 65.8 Å². The number of hydrogen-bond acceptors (Lipinski definition) is 6. The molecule has 3 aromatic heterocycles. The Labute approximate surface area is 199 Å². The zero-order valence-electron chi connectivity index (χ0n) is 18.2. The molecule has 4 aromatic rings. The number of hydrogen-bond donors (Lipinski definition) is 3. The van der Waals surface area contributed by atoms with Gasteiger partial charge in [-0.2, -0.15) is 0 Å². The highest BCUT2D eigenvalue weighted by Gasteiger charge is 2.34. The van der Waals surface area contributed by atoms with Gasteiger partial charge in [0, 0.05) is 30.0 Å². The zero-order chi connectivity index (χ0) is 23.2. The molecule has 2 atom stereocenters. The Morgan fingerprint density at radius 3 is 2.74 bits per heavy atom. The van der Waals surface area contributed by atoms with Crippen molar-refractivity contribution in [1.29, 1.82) is 0 Å². The number of amides is 3. The molecule has 1 saturated carbocycles. The van der Waals surface area contributed by atoms with Crippen LogP contribution < -0.4 is 21.3 Å². The number of rotatable bonds is 4. The van der Waals surface area contributed by atoms with Crippen LogP contribution in [0.25, 0.3) is 21.5 Å². The number of carbonyl (C=O) groups is 2. The smallest absolute Gasteiger partial charge is 0.331 e. The van der Waals surface area contributed by atoms with Crippen molar-refractivity contribution in [2.45, 2.75) is 31.3 Å². The van der Waals surface area contributed by atoms with Crippen molar-refractivity contribution in [2.75, 3.05) is 10.2 Å². The highest BCUT2D eigenvalue weighted by Crippen LogP contribution is 2.46. The lowest BCUT2D eigenvalue weighted by molar-refractivity contribution is 0.0939. The highest BCUT2D eigenvalue weighted by atomic mass is 32.1. The van der Waals surface area contributed by atoms with Crippen molar-refractivity contribution in [2.24, 2.45) is 5.73 Å². The third-order valence-electron chi connectivity index (χ3n) is 6.41. The molecule has 6 rings (SSSR count). The maximum absolute atomic E-state index is 13.3. The van der Waals surface area contributed by atoms with Gasteiger partial charge in [0.1, 0.15) is 9.71 Å². The van der Waals surface area contributed by atoms with Crippen LogP contribution >= 0.6 is 11.3 Å². The summed E-state index contributed by atoms with van der Waals surface area (Å²) in [6.45, 7) is 0. The fraction of sp³-hybridized carbons (Fsp3) is 0.200. The molecule has 170 valence electrons. The number of pyridine rings is 2. The van der Waals surface area contributed by atoms with Crippen LogP contribution in [-0.4, -0.2) is 34.0 Å². The van der Waals surface area contributed by atoms with Gasteiger partial charge in [0.2, 0.25) is 0 Å². The fourth-order valence-electron chi connectivity index (χ4n) is 4.73. The van der Waals surface area contributed by atoms with Gasteiger partial charge in [0.25, 0.3) is 5.91 Å². The molecule has 1 aliphatic carbocycles. The van der Waals surface area contributed by atoms with E-state index >= 15 is 0 Å². The number of nitrogens with two attached hydrogens (primary N) is 1. The monoisotopic (exact) mass is 470 g/mol. The second kappa shape index (κ2) is 8.19. The van der Waals surface area contributed by atoms with Crippen molar-refractivity contribution in [3.8, 4) is 11.3 Å². The van der Waals surface area contributed by atoms with Gasteiger partial charge in [-0.1, -0.05) is 30.3 Å². The molecule has 4 N–H and O–H groups in total. The van der Waals surface area contributed by atoms with Gasteiger partial charge < -0.3 is 16.4 Å². The van der Waals surface area contributed by atoms with E-state index in [0.29, 0.717) is 26.8 Å². The van der Waals surface area contributed by atoms with Crippen LogP contribution in [-0.2, 0) is 0 Å². The van der Waals surface area contributed by atoms with Gasteiger partial charge in [-0.25, -0.2) is 9.78 Å². The molecular formula is C25H22N6O2S. The third kappa shape index (κ3) is 3.41. The predicted molar refractivity (Wildman–Crippen MR) is 134 cm³/mol. The quantitative estimate of drug-likeness (QED) is 0.402. The topological polar surface area (TPSA) is 113 Å². The molecule has 1 aliphatic heterocycles. The largest absolute Gasteiger partial charge is 0.347 e.